The smallest absolute Gasteiger partial charge is 0.335 e. The van der Waals surface area contributed by atoms with Gasteiger partial charge in [-0.1, -0.05) is 0 Å². The first kappa shape index (κ1) is 14.9. The van der Waals surface area contributed by atoms with Crippen molar-refractivity contribution in [3.63, 3.8) is 0 Å². The molecular weight excluding hydrogens is 289 g/mol. The average molecular weight is 303 g/mol. The summed E-state index contributed by atoms with van der Waals surface area (Å²) in [6.07, 6.45) is 1.42. The van der Waals surface area contributed by atoms with Crippen LogP contribution in [0.3, 0.4) is 0 Å². The van der Waals surface area contributed by atoms with E-state index in [1.807, 2.05) is 0 Å². The van der Waals surface area contributed by atoms with Crippen molar-refractivity contribution in [3.8, 4) is 0 Å². The molecule has 0 bridgehead atoms. The molecule has 1 aliphatic heterocycles. The summed E-state index contributed by atoms with van der Waals surface area (Å²) in [5, 5.41) is 8.70. The lowest BCUT2D eigenvalue weighted by Crippen LogP contribution is -2.32. The summed E-state index contributed by atoms with van der Waals surface area (Å²) in [6.45, 7) is 0.663. The zero-order valence-electron chi connectivity index (χ0n) is 10.5. The van der Waals surface area contributed by atoms with E-state index in [4.69, 9.17) is 9.84 Å². The number of rotatable bonds is 5. The van der Waals surface area contributed by atoms with Gasteiger partial charge in [-0.2, -0.15) is 0 Å². The second-order valence-electron chi connectivity index (χ2n) is 4.44. The molecule has 1 saturated heterocycles. The maximum absolute atomic E-state index is 13.7. The average Bonchev–Trinajstić information content (AvgIpc) is 2.89. The molecular formula is C12H14FNO5S. The Bertz CT molecular complexity index is 610. The maximum Gasteiger partial charge on any atom is 0.335 e. The summed E-state index contributed by atoms with van der Waals surface area (Å²) in [4.78, 5) is 10.1. The molecule has 1 unspecified atom stereocenters. The first-order chi connectivity index (χ1) is 9.40. The minimum absolute atomic E-state index is 0.0719. The molecule has 1 heterocycles. The third kappa shape index (κ3) is 3.33. The number of halogens is 1. The molecule has 110 valence electrons. The van der Waals surface area contributed by atoms with Crippen molar-refractivity contribution >= 4 is 16.0 Å². The predicted octanol–water partition coefficient (Wildman–Crippen LogP) is 0.981. The fraction of sp³-hybridized carbons (Fsp3) is 0.417. The van der Waals surface area contributed by atoms with Crippen LogP contribution in [0.2, 0.25) is 0 Å². The minimum atomic E-state index is -4.02. The third-order valence-electron chi connectivity index (χ3n) is 2.99. The first-order valence-electron chi connectivity index (χ1n) is 6.04. The van der Waals surface area contributed by atoms with Gasteiger partial charge in [-0.25, -0.2) is 22.3 Å². The Morgan fingerprint density at radius 2 is 2.25 bits per heavy atom. The van der Waals surface area contributed by atoms with Crippen LogP contribution in [0.15, 0.2) is 23.1 Å². The van der Waals surface area contributed by atoms with E-state index in [1.165, 1.54) is 0 Å². The van der Waals surface area contributed by atoms with E-state index < -0.39 is 26.7 Å². The van der Waals surface area contributed by atoms with Gasteiger partial charge in [0.05, 0.1) is 11.7 Å². The number of hydrogen-bond acceptors (Lipinski definition) is 4. The SMILES string of the molecule is O=C(O)c1ccc(S(=O)(=O)NCC2CCCO2)c(F)c1. The summed E-state index contributed by atoms with van der Waals surface area (Å²) in [5.74, 6) is -2.41. The van der Waals surface area contributed by atoms with Crippen molar-refractivity contribution in [1.29, 1.82) is 0 Å². The topological polar surface area (TPSA) is 92.7 Å². The Balaban J connectivity index is 2.14. The molecule has 20 heavy (non-hydrogen) atoms. The summed E-state index contributed by atoms with van der Waals surface area (Å²) < 4.78 is 45.1. The summed E-state index contributed by atoms with van der Waals surface area (Å²) in [7, 11) is -4.02. The largest absolute Gasteiger partial charge is 0.478 e. The number of nitrogens with one attached hydrogen (secondary N) is 1. The standard InChI is InChI=1S/C12H14FNO5S/c13-10-6-8(12(15)16)3-4-11(10)20(17,18)14-7-9-2-1-5-19-9/h3-4,6,9,14H,1-2,5,7H2,(H,15,16). The quantitative estimate of drug-likeness (QED) is 0.846. The van der Waals surface area contributed by atoms with E-state index in [1.54, 1.807) is 0 Å². The molecule has 0 aliphatic carbocycles. The lowest BCUT2D eigenvalue weighted by molar-refractivity contribution is 0.0696. The van der Waals surface area contributed by atoms with Crippen LogP contribution in [-0.2, 0) is 14.8 Å². The number of carboxylic acids is 1. The number of sulfonamides is 1. The van der Waals surface area contributed by atoms with Crippen LogP contribution in [0.25, 0.3) is 0 Å². The van der Waals surface area contributed by atoms with Crippen LogP contribution < -0.4 is 4.72 Å². The van der Waals surface area contributed by atoms with Gasteiger partial charge in [-0.3, -0.25) is 0 Å². The molecule has 1 aromatic rings. The van der Waals surface area contributed by atoms with Gasteiger partial charge >= 0.3 is 5.97 Å². The zero-order valence-corrected chi connectivity index (χ0v) is 11.3. The third-order valence-corrected chi connectivity index (χ3v) is 4.45. The lowest BCUT2D eigenvalue weighted by Gasteiger charge is -2.12. The molecule has 1 fully saturated rings. The van der Waals surface area contributed by atoms with Crippen molar-refractivity contribution in [1.82, 2.24) is 4.72 Å². The zero-order chi connectivity index (χ0) is 14.8. The van der Waals surface area contributed by atoms with E-state index in [9.17, 15) is 17.6 Å². The summed E-state index contributed by atoms with van der Waals surface area (Å²) in [5.41, 5.74) is -0.305. The second kappa shape index (κ2) is 5.86. The number of carboxylic acid groups (broad SMARTS) is 1. The molecule has 2 N–H and O–H groups in total. The molecule has 0 spiro atoms. The minimum Gasteiger partial charge on any atom is -0.478 e. The molecule has 2 rings (SSSR count). The van der Waals surface area contributed by atoms with Gasteiger partial charge in [-0.15, -0.1) is 0 Å². The van der Waals surface area contributed by atoms with Crippen LogP contribution in [-0.4, -0.2) is 38.7 Å². The Hall–Kier alpha value is -1.51. The Morgan fingerprint density at radius 3 is 2.80 bits per heavy atom. The molecule has 0 amide bonds. The van der Waals surface area contributed by atoms with Gasteiger partial charge in [0.1, 0.15) is 10.7 Å². The Morgan fingerprint density at radius 1 is 1.50 bits per heavy atom. The van der Waals surface area contributed by atoms with Gasteiger partial charge in [0.15, 0.2) is 0 Å². The molecule has 0 saturated carbocycles. The number of carbonyl (C=O) groups is 1. The highest BCUT2D eigenvalue weighted by Crippen LogP contribution is 2.17. The molecule has 1 aromatic carbocycles. The van der Waals surface area contributed by atoms with Crippen LogP contribution in [0.1, 0.15) is 23.2 Å². The fourth-order valence-corrected chi connectivity index (χ4v) is 3.06. The molecule has 0 aromatic heterocycles. The molecule has 1 atom stereocenters. The van der Waals surface area contributed by atoms with Crippen molar-refractivity contribution in [2.75, 3.05) is 13.2 Å². The van der Waals surface area contributed by atoms with Crippen molar-refractivity contribution in [2.45, 2.75) is 23.8 Å². The van der Waals surface area contributed by atoms with E-state index >= 15 is 0 Å². The lowest BCUT2D eigenvalue weighted by atomic mass is 10.2. The summed E-state index contributed by atoms with van der Waals surface area (Å²) in [6, 6.07) is 2.67. The van der Waals surface area contributed by atoms with Crippen LogP contribution in [0.5, 0.6) is 0 Å². The van der Waals surface area contributed by atoms with Crippen LogP contribution in [0.4, 0.5) is 4.39 Å². The van der Waals surface area contributed by atoms with E-state index in [2.05, 4.69) is 4.72 Å². The number of aromatic carboxylic acids is 1. The van der Waals surface area contributed by atoms with Crippen LogP contribution in [0, 0.1) is 5.82 Å². The molecule has 0 radical (unpaired) electrons. The van der Waals surface area contributed by atoms with Crippen molar-refractivity contribution in [2.24, 2.45) is 0 Å². The van der Waals surface area contributed by atoms with Crippen LogP contribution >= 0.6 is 0 Å². The molecule has 8 heteroatoms. The highest BCUT2D eigenvalue weighted by molar-refractivity contribution is 7.89. The normalized spacial score (nSPS) is 19.1. The fourth-order valence-electron chi connectivity index (χ4n) is 1.94. The predicted molar refractivity (Wildman–Crippen MR) is 67.5 cm³/mol. The van der Waals surface area contributed by atoms with Gasteiger partial charge in [0.2, 0.25) is 10.0 Å². The Kier molecular flexibility index (Phi) is 4.36. The first-order valence-corrected chi connectivity index (χ1v) is 7.52. The van der Waals surface area contributed by atoms with Gasteiger partial charge in [-0.05, 0) is 31.0 Å². The van der Waals surface area contributed by atoms with E-state index in [0.717, 1.165) is 25.0 Å². The number of benzene rings is 1. The second-order valence-corrected chi connectivity index (χ2v) is 6.17. The highest BCUT2D eigenvalue weighted by Gasteiger charge is 2.23. The van der Waals surface area contributed by atoms with Gasteiger partial charge in [0.25, 0.3) is 0 Å². The Labute approximate surface area is 115 Å². The van der Waals surface area contributed by atoms with Gasteiger partial charge in [0, 0.05) is 13.2 Å². The number of hydrogen-bond donors (Lipinski definition) is 2. The van der Waals surface area contributed by atoms with E-state index in [0.29, 0.717) is 12.7 Å². The van der Waals surface area contributed by atoms with E-state index in [-0.39, 0.29) is 18.2 Å². The number of ether oxygens (including phenoxy) is 1. The highest BCUT2D eigenvalue weighted by atomic mass is 32.2. The maximum atomic E-state index is 13.7. The van der Waals surface area contributed by atoms with Crippen molar-refractivity contribution < 1.29 is 27.4 Å². The molecule has 1 aliphatic rings. The molecule has 6 nitrogen and oxygen atoms in total. The van der Waals surface area contributed by atoms with Crippen molar-refractivity contribution in [3.05, 3.63) is 29.6 Å². The monoisotopic (exact) mass is 303 g/mol. The summed E-state index contributed by atoms with van der Waals surface area (Å²) >= 11 is 0. The van der Waals surface area contributed by atoms with Gasteiger partial charge < -0.3 is 9.84 Å².